The molecule has 4 aromatic rings. The largest absolute Gasteiger partial charge is 0.352 e. The van der Waals surface area contributed by atoms with Crippen LogP contribution in [0.2, 0.25) is 5.02 Å². The zero-order chi connectivity index (χ0) is 13.0. The van der Waals surface area contributed by atoms with Crippen LogP contribution in [0.1, 0.15) is 5.56 Å². The number of rotatable bonds is 0. The smallest absolute Gasteiger partial charge is 0.0983 e. The number of halogens is 1. The van der Waals surface area contributed by atoms with E-state index in [9.17, 15) is 0 Å². The summed E-state index contributed by atoms with van der Waals surface area (Å²) in [7, 11) is 0. The maximum atomic E-state index is 6.53. The molecule has 1 N–H and O–H groups in total. The predicted octanol–water partition coefficient (Wildman–Crippen LogP) is 4.83. The molecule has 3 heteroatoms. The minimum atomic E-state index is 0.746. The molecule has 0 saturated carbocycles. The van der Waals surface area contributed by atoms with Gasteiger partial charge in [0.25, 0.3) is 0 Å². The SMILES string of the molecule is Cc1cccc2[nH]c3c(Cl)c4ccccc4nc3c12. The molecule has 0 bridgehead atoms. The first-order chi connectivity index (χ1) is 9.25. The molecule has 4 rings (SSSR count). The number of pyridine rings is 1. The Labute approximate surface area is 115 Å². The molecule has 0 spiro atoms. The van der Waals surface area contributed by atoms with Gasteiger partial charge in [0.2, 0.25) is 0 Å². The fraction of sp³-hybridized carbons (Fsp3) is 0.0625. The summed E-state index contributed by atoms with van der Waals surface area (Å²) in [4.78, 5) is 8.16. The standard InChI is InChI=1S/C16H11ClN2/c1-9-5-4-8-12-13(9)15-16(19-12)14(17)10-6-2-3-7-11(10)18-15/h2-8,19H,1H3. The molecule has 0 fully saturated rings. The van der Waals surface area contributed by atoms with Crippen LogP contribution in [0.5, 0.6) is 0 Å². The first-order valence-electron chi connectivity index (χ1n) is 6.21. The lowest BCUT2D eigenvalue weighted by Crippen LogP contribution is -1.83. The first kappa shape index (κ1) is 10.8. The van der Waals surface area contributed by atoms with Crippen molar-refractivity contribution in [1.82, 2.24) is 9.97 Å². The van der Waals surface area contributed by atoms with Gasteiger partial charge in [-0.05, 0) is 24.6 Å². The number of hydrogen-bond donors (Lipinski definition) is 1. The Hall–Kier alpha value is -2.06. The van der Waals surface area contributed by atoms with Gasteiger partial charge in [-0.25, -0.2) is 4.98 Å². The highest BCUT2D eigenvalue weighted by molar-refractivity contribution is 6.40. The van der Waals surface area contributed by atoms with Crippen LogP contribution >= 0.6 is 11.6 Å². The number of nitrogens with one attached hydrogen (secondary N) is 1. The number of aryl methyl sites for hydroxylation is 1. The third-order valence-corrected chi connectivity index (χ3v) is 3.99. The first-order valence-corrected chi connectivity index (χ1v) is 6.59. The molecule has 92 valence electrons. The minimum Gasteiger partial charge on any atom is -0.352 e. The van der Waals surface area contributed by atoms with E-state index < -0.39 is 0 Å². The van der Waals surface area contributed by atoms with E-state index in [-0.39, 0.29) is 0 Å². The molecule has 2 nitrogen and oxygen atoms in total. The van der Waals surface area contributed by atoms with Crippen LogP contribution in [0.15, 0.2) is 42.5 Å². The summed E-state index contributed by atoms with van der Waals surface area (Å²) >= 11 is 6.53. The maximum absolute atomic E-state index is 6.53. The molecule has 2 aromatic heterocycles. The Morgan fingerprint density at radius 3 is 2.79 bits per heavy atom. The molecule has 0 amide bonds. The molecule has 2 heterocycles. The summed E-state index contributed by atoms with van der Waals surface area (Å²) in [6.07, 6.45) is 0. The van der Waals surface area contributed by atoms with Crippen molar-refractivity contribution in [2.45, 2.75) is 6.92 Å². The second-order valence-corrected chi connectivity index (χ2v) is 5.17. The van der Waals surface area contributed by atoms with Crippen molar-refractivity contribution < 1.29 is 0 Å². The summed E-state index contributed by atoms with van der Waals surface area (Å²) in [5, 5.41) is 2.89. The lowest BCUT2D eigenvalue weighted by molar-refractivity contribution is 1.49. The number of nitrogens with zero attached hydrogens (tertiary/aromatic N) is 1. The second-order valence-electron chi connectivity index (χ2n) is 4.79. The van der Waals surface area contributed by atoms with Crippen molar-refractivity contribution >= 4 is 44.4 Å². The fourth-order valence-corrected chi connectivity index (χ4v) is 2.98. The quantitative estimate of drug-likeness (QED) is 0.485. The van der Waals surface area contributed by atoms with Gasteiger partial charge >= 0.3 is 0 Å². The predicted molar refractivity (Wildman–Crippen MR) is 80.9 cm³/mol. The van der Waals surface area contributed by atoms with Crippen LogP contribution < -0.4 is 0 Å². The summed E-state index contributed by atoms with van der Waals surface area (Å²) in [6, 6.07) is 14.2. The van der Waals surface area contributed by atoms with Crippen molar-refractivity contribution in [1.29, 1.82) is 0 Å². The van der Waals surface area contributed by atoms with Gasteiger partial charge in [0.15, 0.2) is 0 Å². The summed E-state index contributed by atoms with van der Waals surface area (Å²) in [6.45, 7) is 2.10. The van der Waals surface area contributed by atoms with Gasteiger partial charge in [0.05, 0.1) is 21.6 Å². The van der Waals surface area contributed by atoms with E-state index in [2.05, 4.69) is 24.0 Å². The number of aromatic amines is 1. The Balaban J connectivity index is 2.34. The number of benzene rings is 2. The van der Waals surface area contributed by atoms with Crippen LogP contribution in [0.3, 0.4) is 0 Å². The van der Waals surface area contributed by atoms with Crippen LogP contribution in [-0.4, -0.2) is 9.97 Å². The van der Waals surface area contributed by atoms with Crippen LogP contribution in [-0.2, 0) is 0 Å². The van der Waals surface area contributed by atoms with Crippen molar-refractivity contribution in [3.8, 4) is 0 Å². The highest BCUT2D eigenvalue weighted by atomic mass is 35.5. The normalized spacial score (nSPS) is 11.7. The van der Waals surface area contributed by atoms with Crippen molar-refractivity contribution in [3.05, 3.63) is 53.1 Å². The Morgan fingerprint density at radius 1 is 1.05 bits per heavy atom. The number of para-hydroxylation sites is 1. The van der Waals surface area contributed by atoms with E-state index in [1.807, 2.05) is 30.3 Å². The zero-order valence-corrected chi connectivity index (χ0v) is 11.1. The van der Waals surface area contributed by atoms with Gasteiger partial charge in [-0.2, -0.15) is 0 Å². The van der Waals surface area contributed by atoms with Crippen LogP contribution in [0.4, 0.5) is 0 Å². The molecule has 19 heavy (non-hydrogen) atoms. The van der Waals surface area contributed by atoms with Gasteiger partial charge < -0.3 is 4.98 Å². The molecule has 0 aliphatic rings. The molecule has 2 aromatic carbocycles. The Morgan fingerprint density at radius 2 is 1.89 bits per heavy atom. The van der Waals surface area contributed by atoms with Crippen LogP contribution in [0, 0.1) is 6.92 Å². The molecule has 0 aliphatic carbocycles. The summed E-state index contributed by atoms with van der Waals surface area (Å²) in [5.41, 5.74) is 5.10. The molecule has 0 radical (unpaired) electrons. The summed E-state index contributed by atoms with van der Waals surface area (Å²) in [5.74, 6) is 0. The van der Waals surface area contributed by atoms with E-state index in [0.717, 1.165) is 37.9 Å². The lowest BCUT2D eigenvalue weighted by Gasteiger charge is -2.01. The fourth-order valence-electron chi connectivity index (χ4n) is 2.69. The Bertz CT molecular complexity index is 938. The molecule has 0 unspecified atom stereocenters. The van der Waals surface area contributed by atoms with Crippen LogP contribution in [0.25, 0.3) is 32.8 Å². The van der Waals surface area contributed by atoms with Crippen molar-refractivity contribution in [2.75, 3.05) is 0 Å². The van der Waals surface area contributed by atoms with Gasteiger partial charge in [-0.15, -0.1) is 0 Å². The number of aromatic nitrogens is 2. The molecular weight excluding hydrogens is 256 g/mol. The molecule has 0 atom stereocenters. The topological polar surface area (TPSA) is 28.7 Å². The van der Waals surface area contributed by atoms with E-state index in [1.165, 1.54) is 5.56 Å². The summed E-state index contributed by atoms with van der Waals surface area (Å²) < 4.78 is 0. The minimum absolute atomic E-state index is 0.746. The highest BCUT2D eigenvalue weighted by Crippen LogP contribution is 2.34. The Kier molecular flexibility index (Phi) is 2.12. The molecular formula is C16H11ClN2. The third kappa shape index (κ3) is 1.41. The maximum Gasteiger partial charge on any atom is 0.0983 e. The average Bonchev–Trinajstić information content (AvgIpc) is 2.79. The third-order valence-electron chi connectivity index (χ3n) is 3.60. The number of H-pyrrole nitrogens is 1. The van der Waals surface area contributed by atoms with Gasteiger partial charge in [-0.1, -0.05) is 41.9 Å². The van der Waals surface area contributed by atoms with Crippen molar-refractivity contribution in [3.63, 3.8) is 0 Å². The van der Waals surface area contributed by atoms with E-state index >= 15 is 0 Å². The lowest BCUT2D eigenvalue weighted by atomic mass is 10.1. The average molecular weight is 267 g/mol. The highest BCUT2D eigenvalue weighted by Gasteiger charge is 2.13. The second kappa shape index (κ2) is 3.72. The number of fused-ring (bicyclic) bond motifs is 4. The monoisotopic (exact) mass is 266 g/mol. The van der Waals surface area contributed by atoms with Gasteiger partial charge in [0.1, 0.15) is 0 Å². The molecule has 0 aliphatic heterocycles. The van der Waals surface area contributed by atoms with Gasteiger partial charge in [-0.3, -0.25) is 0 Å². The number of hydrogen-bond acceptors (Lipinski definition) is 1. The van der Waals surface area contributed by atoms with E-state index in [4.69, 9.17) is 16.6 Å². The zero-order valence-electron chi connectivity index (χ0n) is 10.4. The van der Waals surface area contributed by atoms with E-state index in [0.29, 0.717) is 0 Å². The van der Waals surface area contributed by atoms with Crippen molar-refractivity contribution in [2.24, 2.45) is 0 Å². The van der Waals surface area contributed by atoms with E-state index in [1.54, 1.807) is 0 Å². The molecule has 0 saturated heterocycles. The van der Waals surface area contributed by atoms with Gasteiger partial charge in [0, 0.05) is 16.3 Å².